The van der Waals surface area contributed by atoms with E-state index in [1.807, 2.05) is 64.1 Å². The van der Waals surface area contributed by atoms with Crippen molar-refractivity contribution in [2.45, 2.75) is 62.5 Å². The molecule has 3 N–H and O–H groups in total. The van der Waals surface area contributed by atoms with Gasteiger partial charge in [0.15, 0.2) is 39.2 Å². The standard InChI is InChI=1S/C21H21ClFN7O4.C21H19N3O3S/c1-21(2,3)20-29-28-18(34-20)15-13(31)14(32)19(33-15)30-8-26-12-16(24-7-25-17(12)30)27-11-5-4-9(22)6-10(11)23;1-3-27-17-10-6-16(7-11-17)21-20(19-5-4-14-22-24(19)23-21)15-8-12-18(13-9-15)28(2,25)26/h4-8,13-15,19,31-32H,1-3H3,(H,24,25,27);4-14H,3H2,1-2H3/t13-,14+,15-,19+;/m0./s1. The van der Waals surface area contributed by atoms with Crippen molar-refractivity contribution in [1.82, 2.24) is 44.5 Å². The van der Waals surface area contributed by atoms with E-state index in [9.17, 15) is 23.0 Å². The number of sulfone groups is 1. The van der Waals surface area contributed by atoms with E-state index in [0.717, 1.165) is 33.7 Å². The fourth-order valence-electron chi connectivity index (χ4n) is 6.72. The maximum Gasteiger partial charge on any atom is 0.248 e. The number of benzene rings is 3. The van der Waals surface area contributed by atoms with Crippen molar-refractivity contribution in [1.29, 1.82) is 0 Å². The number of nitrogens with one attached hydrogen (secondary N) is 1. The van der Waals surface area contributed by atoms with Crippen molar-refractivity contribution in [3.05, 3.63) is 120 Å². The van der Waals surface area contributed by atoms with Crippen LogP contribution in [0.2, 0.25) is 5.02 Å². The third kappa shape index (κ3) is 8.44. The molecule has 9 rings (SSSR count). The zero-order chi connectivity index (χ0) is 43.9. The molecule has 0 saturated carbocycles. The predicted molar refractivity (Wildman–Crippen MR) is 226 cm³/mol. The van der Waals surface area contributed by atoms with Crippen LogP contribution < -0.4 is 10.1 Å². The van der Waals surface area contributed by atoms with Crippen LogP contribution in [0.15, 0.2) is 107 Å². The second kappa shape index (κ2) is 16.8. The number of aromatic nitrogens is 9. The Balaban J connectivity index is 0.000000174. The van der Waals surface area contributed by atoms with E-state index < -0.39 is 45.6 Å². The Morgan fingerprint density at radius 1 is 0.952 bits per heavy atom. The molecule has 62 heavy (non-hydrogen) atoms. The first kappa shape index (κ1) is 42.3. The first-order valence-corrected chi connectivity index (χ1v) is 21.5. The van der Waals surface area contributed by atoms with Crippen molar-refractivity contribution in [2.75, 3.05) is 18.2 Å². The Morgan fingerprint density at radius 2 is 1.69 bits per heavy atom. The second-order valence-electron chi connectivity index (χ2n) is 15.3. The Kier molecular flexibility index (Phi) is 11.5. The van der Waals surface area contributed by atoms with Gasteiger partial charge in [-0.05, 0) is 79.2 Å². The number of anilines is 2. The van der Waals surface area contributed by atoms with Gasteiger partial charge in [-0.3, -0.25) is 4.57 Å². The van der Waals surface area contributed by atoms with E-state index in [1.165, 1.54) is 41.7 Å². The highest BCUT2D eigenvalue weighted by Crippen LogP contribution is 2.41. The van der Waals surface area contributed by atoms with Gasteiger partial charge in [-0.25, -0.2) is 27.8 Å². The van der Waals surface area contributed by atoms with E-state index in [2.05, 4.69) is 40.7 Å². The smallest absolute Gasteiger partial charge is 0.248 e. The summed E-state index contributed by atoms with van der Waals surface area (Å²) in [6, 6.07) is 22.6. The SMILES string of the molecule is CC(C)(C)c1nnc([C@H]2O[C@@H](n3cnc4c(Nc5ccc(Cl)cc5F)ncnc43)[C@H](O)[C@@H]2O)o1.CCOc1ccc(-c2nn3ncccc3c2-c2ccc(S(C)(=O)=O)cc2)cc1. The summed E-state index contributed by atoms with van der Waals surface area (Å²) in [6.07, 6.45) is 0.754. The molecule has 1 aliphatic rings. The molecule has 4 atom stereocenters. The zero-order valence-electron chi connectivity index (χ0n) is 33.9. The molecule has 17 nitrogen and oxygen atoms in total. The molecule has 5 aromatic heterocycles. The van der Waals surface area contributed by atoms with E-state index in [0.29, 0.717) is 23.7 Å². The Bertz CT molecular complexity index is 2990. The third-order valence-corrected chi connectivity index (χ3v) is 11.2. The van der Waals surface area contributed by atoms with Crippen molar-refractivity contribution < 1.29 is 36.9 Å². The molecule has 1 saturated heterocycles. The molecule has 0 radical (unpaired) electrons. The molecule has 1 fully saturated rings. The topological polar surface area (TPSA) is 218 Å². The number of halogens is 2. The van der Waals surface area contributed by atoms with Crippen LogP contribution >= 0.6 is 11.6 Å². The summed E-state index contributed by atoms with van der Waals surface area (Å²) in [5, 5.41) is 41.4. The van der Waals surface area contributed by atoms with Gasteiger partial charge in [-0.1, -0.05) is 44.5 Å². The molecule has 0 spiro atoms. The number of rotatable bonds is 9. The summed E-state index contributed by atoms with van der Waals surface area (Å²) < 4.78 is 58.0. The minimum absolute atomic E-state index is 0.0543. The van der Waals surface area contributed by atoms with Crippen LogP contribution in [0.5, 0.6) is 5.75 Å². The summed E-state index contributed by atoms with van der Waals surface area (Å²) >= 11 is 5.81. The number of fused-ring (bicyclic) bond motifs is 2. The monoisotopic (exact) mass is 882 g/mol. The van der Waals surface area contributed by atoms with E-state index in [4.69, 9.17) is 25.5 Å². The molecule has 20 heteroatoms. The average Bonchev–Trinajstić information content (AvgIpc) is 4.05. The average molecular weight is 883 g/mol. The lowest BCUT2D eigenvalue weighted by Crippen LogP contribution is -2.29. The molecular formula is C42H40ClFN10O7S. The molecule has 3 aromatic carbocycles. The summed E-state index contributed by atoms with van der Waals surface area (Å²) in [5.41, 5.74) is 4.68. The summed E-state index contributed by atoms with van der Waals surface area (Å²) in [7, 11) is -3.25. The van der Waals surface area contributed by atoms with Crippen LogP contribution in [0.1, 0.15) is 51.8 Å². The fourth-order valence-corrected chi connectivity index (χ4v) is 7.51. The van der Waals surface area contributed by atoms with Gasteiger partial charge in [-0.15, -0.1) is 15.3 Å². The first-order chi connectivity index (χ1) is 29.6. The highest BCUT2D eigenvalue weighted by Gasteiger charge is 2.48. The lowest BCUT2D eigenvalue weighted by molar-refractivity contribution is -0.0441. The highest BCUT2D eigenvalue weighted by molar-refractivity contribution is 7.90. The molecule has 0 aliphatic carbocycles. The Hall–Kier alpha value is -6.38. The quantitative estimate of drug-likeness (QED) is 0.134. The van der Waals surface area contributed by atoms with Crippen LogP contribution in [0, 0.1) is 5.82 Å². The summed E-state index contributed by atoms with van der Waals surface area (Å²) in [6.45, 7) is 8.28. The van der Waals surface area contributed by atoms with Crippen molar-refractivity contribution >= 4 is 49.6 Å². The molecule has 0 amide bonds. The molecule has 0 bridgehead atoms. The van der Waals surface area contributed by atoms with Gasteiger partial charge < -0.3 is 29.4 Å². The number of nitrogens with zero attached hydrogens (tertiary/aromatic N) is 9. The molecule has 0 unspecified atom stereocenters. The second-order valence-corrected chi connectivity index (χ2v) is 17.7. The van der Waals surface area contributed by atoms with Crippen LogP contribution in [0.4, 0.5) is 15.9 Å². The normalized spacial score (nSPS) is 17.9. The van der Waals surface area contributed by atoms with E-state index >= 15 is 0 Å². The van der Waals surface area contributed by atoms with Crippen LogP contribution in [0.3, 0.4) is 0 Å². The van der Waals surface area contributed by atoms with E-state index in [1.54, 1.807) is 35.1 Å². The van der Waals surface area contributed by atoms with Crippen molar-refractivity contribution in [3.63, 3.8) is 0 Å². The van der Waals surface area contributed by atoms with Crippen molar-refractivity contribution in [3.8, 4) is 28.1 Å². The zero-order valence-corrected chi connectivity index (χ0v) is 35.5. The Morgan fingerprint density at radius 3 is 2.37 bits per heavy atom. The fraction of sp³-hybridized carbons (Fsp3) is 0.262. The Labute approximate surface area is 359 Å². The minimum Gasteiger partial charge on any atom is -0.494 e. The lowest BCUT2D eigenvalue weighted by atomic mass is 9.97. The number of ether oxygens (including phenoxy) is 2. The predicted octanol–water partition coefficient (Wildman–Crippen LogP) is 6.90. The van der Waals surface area contributed by atoms with Crippen LogP contribution in [-0.4, -0.2) is 88.2 Å². The number of aliphatic hydroxyl groups excluding tert-OH is 2. The van der Waals surface area contributed by atoms with Gasteiger partial charge in [0.1, 0.15) is 35.8 Å². The van der Waals surface area contributed by atoms with Gasteiger partial charge in [0.25, 0.3) is 0 Å². The molecular weight excluding hydrogens is 843 g/mol. The van der Waals surface area contributed by atoms with E-state index in [-0.39, 0.29) is 27.3 Å². The number of hydrogen-bond donors (Lipinski definition) is 3. The highest BCUT2D eigenvalue weighted by atomic mass is 35.5. The first-order valence-electron chi connectivity index (χ1n) is 19.2. The molecule has 8 aromatic rings. The van der Waals surface area contributed by atoms with Crippen LogP contribution in [-0.2, 0) is 20.0 Å². The molecule has 6 heterocycles. The van der Waals surface area contributed by atoms with Crippen molar-refractivity contribution in [2.24, 2.45) is 0 Å². The van der Waals surface area contributed by atoms with Crippen LogP contribution in [0.25, 0.3) is 39.1 Å². The largest absolute Gasteiger partial charge is 0.494 e. The summed E-state index contributed by atoms with van der Waals surface area (Å²) in [5.74, 6) is 0.905. The molecule has 1 aliphatic heterocycles. The van der Waals surface area contributed by atoms with Gasteiger partial charge >= 0.3 is 0 Å². The maximum atomic E-state index is 14.2. The number of hydrogen-bond acceptors (Lipinski definition) is 15. The number of imidazole rings is 1. The summed E-state index contributed by atoms with van der Waals surface area (Å²) in [4.78, 5) is 13.0. The number of aliphatic hydroxyl groups is 2. The maximum absolute atomic E-state index is 14.2. The minimum atomic E-state index is -3.25. The van der Waals surface area contributed by atoms with Gasteiger partial charge in [0.2, 0.25) is 11.8 Å². The van der Waals surface area contributed by atoms with Gasteiger partial charge in [0.05, 0.1) is 29.0 Å². The molecule has 320 valence electrons. The van der Waals surface area contributed by atoms with Gasteiger partial charge in [-0.2, -0.15) is 9.73 Å². The lowest BCUT2D eigenvalue weighted by Gasteiger charge is -2.16. The third-order valence-electron chi connectivity index (χ3n) is 9.81. The van der Waals surface area contributed by atoms with Gasteiger partial charge in [0, 0.05) is 34.0 Å².